The summed E-state index contributed by atoms with van der Waals surface area (Å²) in [6, 6.07) is 7.62. The number of aromatic nitrogens is 1. The number of aliphatic hydroxyl groups is 1. The molecule has 0 spiro atoms. The van der Waals surface area contributed by atoms with Gasteiger partial charge in [-0.15, -0.1) is 0 Å². The van der Waals surface area contributed by atoms with E-state index in [2.05, 4.69) is 5.32 Å². The predicted octanol–water partition coefficient (Wildman–Crippen LogP) is 2.71. The Kier molecular flexibility index (Phi) is 3.75. The van der Waals surface area contributed by atoms with Crippen molar-refractivity contribution in [3.05, 3.63) is 54.1 Å². The van der Waals surface area contributed by atoms with E-state index >= 15 is 0 Å². The van der Waals surface area contributed by atoms with Gasteiger partial charge in [-0.3, -0.25) is 4.79 Å². The van der Waals surface area contributed by atoms with Crippen molar-refractivity contribution >= 4 is 11.6 Å². The number of halogens is 1. The first-order chi connectivity index (χ1) is 10.1. The zero-order valence-electron chi connectivity index (χ0n) is 11.5. The van der Waals surface area contributed by atoms with Gasteiger partial charge in [-0.1, -0.05) is 6.07 Å². The Bertz CT molecular complexity index is 649. The molecular weight excluding hydrogens is 271 g/mol. The maximum atomic E-state index is 13.0. The first kappa shape index (κ1) is 13.8. The average molecular weight is 288 g/mol. The summed E-state index contributed by atoms with van der Waals surface area (Å²) >= 11 is 0. The highest BCUT2D eigenvalue weighted by molar-refractivity contribution is 5.90. The number of nitrogens with one attached hydrogen (secondary N) is 1. The van der Waals surface area contributed by atoms with Crippen LogP contribution in [0.2, 0.25) is 0 Å². The number of carbonyl (C=O) groups is 1. The minimum absolute atomic E-state index is 0.133. The first-order valence-electron chi connectivity index (χ1n) is 7.01. The van der Waals surface area contributed by atoms with Gasteiger partial charge in [0.1, 0.15) is 12.4 Å². The Hall–Kier alpha value is -2.14. The summed E-state index contributed by atoms with van der Waals surface area (Å²) in [5.41, 5.74) is 1.28. The Morgan fingerprint density at radius 2 is 2.24 bits per heavy atom. The van der Waals surface area contributed by atoms with E-state index in [9.17, 15) is 14.3 Å². The zero-order chi connectivity index (χ0) is 14.8. The van der Waals surface area contributed by atoms with Crippen LogP contribution in [0.25, 0.3) is 0 Å². The van der Waals surface area contributed by atoms with Gasteiger partial charge < -0.3 is 15.0 Å². The molecule has 2 N–H and O–H groups in total. The number of aliphatic hydroxyl groups excluding tert-OH is 1. The molecule has 3 rings (SSSR count). The summed E-state index contributed by atoms with van der Waals surface area (Å²) in [6.07, 6.45) is 5.25. The normalized spacial score (nSPS) is 15.7. The number of hydrogen-bond acceptors (Lipinski definition) is 2. The summed E-state index contributed by atoms with van der Waals surface area (Å²) in [6.45, 7) is 0.133. The van der Waals surface area contributed by atoms with Crippen molar-refractivity contribution in [3.63, 3.8) is 0 Å². The molecule has 1 amide bonds. The van der Waals surface area contributed by atoms with Crippen molar-refractivity contribution < 1.29 is 14.3 Å². The number of benzene rings is 1. The third-order valence-corrected chi connectivity index (χ3v) is 3.62. The topological polar surface area (TPSA) is 54.3 Å². The summed E-state index contributed by atoms with van der Waals surface area (Å²) in [7, 11) is 0. The number of hydrogen-bond donors (Lipinski definition) is 2. The van der Waals surface area contributed by atoms with Crippen molar-refractivity contribution in [1.29, 1.82) is 0 Å². The van der Waals surface area contributed by atoms with Crippen molar-refractivity contribution in [2.45, 2.75) is 25.5 Å². The smallest absolute Gasteiger partial charge is 0.244 e. The summed E-state index contributed by atoms with van der Waals surface area (Å²) in [4.78, 5) is 11.9. The molecule has 1 aromatic heterocycles. The van der Waals surface area contributed by atoms with E-state index in [-0.39, 0.29) is 18.3 Å². The first-order valence-corrected chi connectivity index (χ1v) is 7.01. The Labute approximate surface area is 122 Å². The van der Waals surface area contributed by atoms with Crippen LogP contribution >= 0.6 is 0 Å². The lowest BCUT2D eigenvalue weighted by atomic mass is 10.1. The van der Waals surface area contributed by atoms with Crippen LogP contribution in [0.5, 0.6) is 0 Å². The molecule has 1 saturated carbocycles. The molecule has 21 heavy (non-hydrogen) atoms. The highest BCUT2D eigenvalue weighted by Crippen LogP contribution is 2.40. The van der Waals surface area contributed by atoms with E-state index in [0.717, 1.165) is 18.4 Å². The van der Waals surface area contributed by atoms with Crippen LogP contribution in [-0.2, 0) is 11.3 Å². The molecule has 0 radical (unpaired) electrons. The minimum Gasteiger partial charge on any atom is -0.388 e. The second-order valence-electron chi connectivity index (χ2n) is 5.46. The van der Waals surface area contributed by atoms with Crippen molar-refractivity contribution in [1.82, 2.24) is 4.57 Å². The summed E-state index contributed by atoms with van der Waals surface area (Å²) in [5.74, 6) is -0.255. The highest BCUT2D eigenvalue weighted by Gasteiger charge is 2.31. The molecule has 1 aromatic carbocycles. The number of rotatable bonds is 5. The lowest BCUT2D eigenvalue weighted by Gasteiger charge is -2.07. The molecule has 1 unspecified atom stereocenters. The second kappa shape index (κ2) is 5.69. The average Bonchev–Trinajstić information content (AvgIpc) is 3.18. The largest absolute Gasteiger partial charge is 0.388 e. The van der Waals surface area contributed by atoms with Gasteiger partial charge in [-0.2, -0.15) is 0 Å². The van der Waals surface area contributed by atoms with Crippen LogP contribution in [0, 0.1) is 11.7 Å². The lowest BCUT2D eigenvalue weighted by Crippen LogP contribution is -2.17. The lowest BCUT2D eigenvalue weighted by molar-refractivity contribution is -0.116. The van der Waals surface area contributed by atoms with Gasteiger partial charge >= 0.3 is 0 Å². The fourth-order valence-corrected chi connectivity index (χ4v) is 2.35. The Morgan fingerprint density at radius 1 is 1.43 bits per heavy atom. The number of amides is 1. The number of carbonyl (C=O) groups excluding carboxylic acids is 1. The van der Waals surface area contributed by atoms with Gasteiger partial charge in [-0.05, 0) is 48.6 Å². The van der Waals surface area contributed by atoms with E-state index in [0.29, 0.717) is 11.6 Å². The van der Waals surface area contributed by atoms with Crippen LogP contribution < -0.4 is 5.32 Å². The van der Waals surface area contributed by atoms with Gasteiger partial charge in [-0.25, -0.2) is 4.39 Å². The van der Waals surface area contributed by atoms with E-state index < -0.39 is 6.10 Å². The quantitative estimate of drug-likeness (QED) is 0.889. The molecule has 0 saturated heterocycles. The maximum absolute atomic E-state index is 13.0. The Morgan fingerprint density at radius 3 is 2.95 bits per heavy atom. The molecule has 0 bridgehead atoms. The molecule has 1 aliphatic carbocycles. The van der Waals surface area contributed by atoms with Crippen LogP contribution in [0.3, 0.4) is 0 Å². The number of anilines is 1. The third-order valence-electron chi connectivity index (χ3n) is 3.62. The van der Waals surface area contributed by atoms with Gasteiger partial charge in [0.2, 0.25) is 5.91 Å². The Balaban J connectivity index is 1.59. The maximum Gasteiger partial charge on any atom is 0.244 e. The second-order valence-corrected chi connectivity index (χ2v) is 5.46. The van der Waals surface area contributed by atoms with Crippen LogP contribution in [0.15, 0.2) is 42.7 Å². The summed E-state index contributed by atoms with van der Waals surface area (Å²) in [5, 5.41) is 12.7. The molecule has 110 valence electrons. The van der Waals surface area contributed by atoms with E-state index in [1.807, 2.05) is 6.07 Å². The van der Waals surface area contributed by atoms with Crippen molar-refractivity contribution in [2.75, 3.05) is 5.32 Å². The van der Waals surface area contributed by atoms with Crippen LogP contribution in [-0.4, -0.2) is 15.6 Å². The molecule has 5 heteroatoms. The molecule has 0 aliphatic heterocycles. The monoisotopic (exact) mass is 288 g/mol. The molecule has 1 heterocycles. The fourth-order valence-electron chi connectivity index (χ4n) is 2.35. The molecule has 1 atom stereocenters. The van der Waals surface area contributed by atoms with Gasteiger partial charge in [0.25, 0.3) is 0 Å². The highest BCUT2D eigenvalue weighted by atomic mass is 19.1. The van der Waals surface area contributed by atoms with Gasteiger partial charge in [0.05, 0.1) is 6.10 Å². The molecule has 4 nitrogen and oxygen atoms in total. The molecule has 1 fully saturated rings. The fraction of sp³-hybridized carbons (Fsp3) is 0.312. The van der Waals surface area contributed by atoms with E-state index in [4.69, 9.17) is 0 Å². The molecule has 2 aromatic rings. The third kappa shape index (κ3) is 3.49. The molecule has 1 aliphatic rings. The zero-order valence-corrected chi connectivity index (χ0v) is 11.5. The minimum atomic E-state index is -0.433. The summed E-state index contributed by atoms with van der Waals surface area (Å²) < 4.78 is 14.8. The van der Waals surface area contributed by atoms with Crippen molar-refractivity contribution in [3.8, 4) is 0 Å². The van der Waals surface area contributed by atoms with Crippen molar-refractivity contribution in [2.24, 2.45) is 5.92 Å². The van der Waals surface area contributed by atoms with Crippen LogP contribution in [0.1, 0.15) is 24.5 Å². The standard InChI is InChI=1S/C16H17FN2O2/c17-13-2-1-3-14(8-13)18-15(20)10-19-7-6-12(9-19)16(21)11-4-5-11/h1-3,6-9,11,16,21H,4-5,10H2,(H,18,20). The molecular formula is C16H17FN2O2. The predicted molar refractivity (Wildman–Crippen MR) is 77.1 cm³/mol. The van der Waals surface area contributed by atoms with Crippen LogP contribution in [0.4, 0.5) is 10.1 Å². The SMILES string of the molecule is O=C(Cn1ccc(C(O)C2CC2)c1)Nc1cccc(F)c1. The van der Waals surface area contributed by atoms with Gasteiger partial charge in [0.15, 0.2) is 0 Å². The van der Waals surface area contributed by atoms with Gasteiger partial charge in [0, 0.05) is 18.1 Å². The van der Waals surface area contributed by atoms with E-state index in [1.165, 1.54) is 12.1 Å². The van der Waals surface area contributed by atoms with E-state index in [1.54, 1.807) is 29.1 Å². The number of nitrogens with zero attached hydrogens (tertiary/aromatic N) is 1.